The van der Waals surface area contributed by atoms with E-state index in [1.165, 1.54) is 0 Å². The van der Waals surface area contributed by atoms with E-state index in [4.69, 9.17) is 5.26 Å². The summed E-state index contributed by atoms with van der Waals surface area (Å²) in [4.78, 5) is 15.6. The molecule has 0 aromatic rings. The van der Waals surface area contributed by atoms with E-state index in [9.17, 15) is 4.79 Å². The molecule has 1 heterocycles. The van der Waals surface area contributed by atoms with Crippen LogP contribution in [-0.4, -0.2) is 54.6 Å². The Hall–Kier alpha value is -1.28. The summed E-state index contributed by atoms with van der Waals surface area (Å²) in [6.07, 6.45) is 0.956. The summed E-state index contributed by atoms with van der Waals surface area (Å²) in [5.74, 6) is 0. The molecule has 1 N–H and O–H groups in total. The van der Waals surface area contributed by atoms with Gasteiger partial charge in [0.2, 0.25) is 0 Å². The summed E-state index contributed by atoms with van der Waals surface area (Å²) in [7, 11) is 0. The van der Waals surface area contributed by atoms with Crippen LogP contribution in [0.2, 0.25) is 0 Å². The molecule has 1 aliphatic heterocycles. The first-order valence-corrected chi connectivity index (χ1v) is 5.85. The number of rotatable bonds is 3. The molecular formula is C11H20N4O. The van der Waals surface area contributed by atoms with Crippen LogP contribution >= 0.6 is 0 Å². The predicted octanol–water partition coefficient (Wildman–Crippen LogP) is 0.636. The molecule has 0 aromatic heterocycles. The number of hydrogen-bond acceptors (Lipinski definition) is 3. The second-order valence-corrected chi connectivity index (χ2v) is 4.06. The zero-order valence-electron chi connectivity index (χ0n) is 10.1. The van der Waals surface area contributed by atoms with E-state index in [1.54, 1.807) is 0 Å². The number of nitrogens with one attached hydrogen (secondary N) is 1. The third kappa shape index (κ3) is 3.38. The molecule has 1 fully saturated rings. The standard InChI is InChI=1S/C11H20N4O/c1-3-4-13-11(16)15-7-5-14(6-8-15)10(2)9-12/h10H,3-8H2,1-2H3,(H,13,16). The molecule has 90 valence electrons. The highest BCUT2D eigenvalue weighted by atomic mass is 16.2. The van der Waals surface area contributed by atoms with Crippen LogP contribution in [0.1, 0.15) is 20.3 Å². The van der Waals surface area contributed by atoms with Crippen LogP contribution in [0.3, 0.4) is 0 Å². The molecule has 0 radical (unpaired) electrons. The number of urea groups is 1. The Balaban J connectivity index is 2.32. The van der Waals surface area contributed by atoms with Gasteiger partial charge in [0, 0.05) is 32.7 Å². The van der Waals surface area contributed by atoms with Crippen molar-refractivity contribution in [1.82, 2.24) is 15.1 Å². The zero-order valence-corrected chi connectivity index (χ0v) is 10.1. The zero-order chi connectivity index (χ0) is 12.0. The largest absolute Gasteiger partial charge is 0.338 e. The summed E-state index contributed by atoms with van der Waals surface area (Å²) in [6, 6.07) is 2.18. The Morgan fingerprint density at radius 3 is 2.56 bits per heavy atom. The number of nitriles is 1. The molecule has 5 nitrogen and oxygen atoms in total. The van der Waals surface area contributed by atoms with Gasteiger partial charge in [0.1, 0.15) is 0 Å². The second kappa shape index (κ2) is 6.33. The molecule has 0 bridgehead atoms. The molecule has 1 rings (SSSR count). The van der Waals surface area contributed by atoms with Crippen molar-refractivity contribution < 1.29 is 4.79 Å². The number of nitrogens with zero attached hydrogens (tertiary/aromatic N) is 3. The van der Waals surface area contributed by atoms with Crippen LogP contribution in [0.25, 0.3) is 0 Å². The minimum Gasteiger partial charge on any atom is -0.338 e. The molecule has 1 aliphatic rings. The van der Waals surface area contributed by atoms with E-state index in [0.717, 1.165) is 26.1 Å². The van der Waals surface area contributed by atoms with Crippen molar-refractivity contribution in [2.45, 2.75) is 26.3 Å². The molecule has 0 spiro atoms. The molecular weight excluding hydrogens is 204 g/mol. The summed E-state index contributed by atoms with van der Waals surface area (Å²) < 4.78 is 0. The lowest BCUT2D eigenvalue weighted by Gasteiger charge is -2.35. The smallest absolute Gasteiger partial charge is 0.317 e. The lowest BCUT2D eigenvalue weighted by molar-refractivity contribution is 0.129. The number of carbonyl (C=O) groups is 1. The first-order chi connectivity index (χ1) is 7.69. The van der Waals surface area contributed by atoms with Crippen molar-refractivity contribution in [2.24, 2.45) is 0 Å². The molecule has 1 atom stereocenters. The number of amides is 2. The van der Waals surface area contributed by atoms with Crippen LogP contribution in [0, 0.1) is 11.3 Å². The van der Waals surface area contributed by atoms with Gasteiger partial charge in [-0.3, -0.25) is 4.90 Å². The van der Waals surface area contributed by atoms with Gasteiger partial charge in [-0.05, 0) is 13.3 Å². The van der Waals surface area contributed by atoms with E-state index >= 15 is 0 Å². The molecule has 2 amide bonds. The van der Waals surface area contributed by atoms with Gasteiger partial charge in [0.25, 0.3) is 0 Å². The van der Waals surface area contributed by atoms with E-state index < -0.39 is 0 Å². The molecule has 1 unspecified atom stereocenters. The number of carbonyl (C=O) groups excluding carboxylic acids is 1. The Labute approximate surface area is 97.0 Å². The fourth-order valence-electron chi connectivity index (χ4n) is 1.74. The van der Waals surface area contributed by atoms with E-state index in [-0.39, 0.29) is 12.1 Å². The van der Waals surface area contributed by atoms with Gasteiger partial charge in [0.05, 0.1) is 12.1 Å². The maximum absolute atomic E-state index is 11.6. The highest BCUT2D eigenvalue weighted by Gasteiger charge is 2.23. The monoisotopic (exact) mass is 224 g/mol. The van der Waals surface area contributed by atoms with Gasteiger partial charge >= 0.3 is 6.03 Å². The van der Waals surface area contributed by atoms with Crippen molar-refractivity contribution in [3.05, 3.63) is 0 Å². The second-order valence-electron chi connectivity index (χ2n) is 4.06. The lowest BCUT2D eigenvalue weighted by Crippen LogP contribution is -2.53. The average molecular weight is 224 g/mol. The van der Waals surface area contributed by atoms with Crippen molar-refractivity contribution in [3.8, 4) is 6.07 Å². The van der Waals surface area contributed by atoms with E-state index in [2.05, 4.69) is 16.3 Å². The van der Waals surface area contributed by atoms with Gasteiger partial charge in [-0.2, -0.15) is 5.26 Å². The molecule has 1 saturated heterocycles. The summed E-state index contributed by atoms with van der Waals surface area (Å²) in [5.41, 5.74) is 0. The average Bonchev–Trinajstić information content (AvgIpc) is 2.35. The first-order valence-electron chi connectivity index (χ1n) is 5.85. The van der Waals surface area contributed by atoms with Crippen molar-refractivity contribution in [3.63, 3.8) is 0 Å². The predicted molar refractivity (Wildman–Crippen MR) is 61.9 cm³/mol. The highest BCUT2D eigenvalue weighted by Crippen LogP contribution is 2.05. The van der Waals surface area contributed by atoms with E-state index in [1.807, 2.05) is 18.7 Å². The third-order valence-electron chi connectivity index (χ3n) is 2.86. The Morgan fingerprint density at radius 2 is 2.06 bits per heavy atom. The topological polar surface area (TPSA) is 59.4 Å². The molecule has 0 aromatic carbocycles. The van der Waals surface area contributed by atoms with Gasteiger partial charge in [-0.15, -0.1) is 0 Å². The van der Waals surface area contributed by atoms with Crippen molar-refractivity contribution >= 4 is 6.03 Å². The maximum atomic E-state index is 11.6. The Morgan fingerprint density at radius 1 is 1.44 bits per heavy atom. The van der Waals surface area contributed by atoms with Crippen LogP contribution < -0.4 is 5.32 Å². The molecule has 0 saturated carbocycles. The normalized spacial score (nSPS) is 18.9. The number of hydrogen-bond donors (Lipinski definition) is 1. The van der Waals surface area contributed by atoms with Gasteiger partial charge in [0.15, 0.2) is 0 Å². The minimum absolute atomic E-state index is 0.0195. The van der Waals surface area contributed by atoms with Gasteiger partial charge in [-0.25, -0.2) is 4.79 Å². The van der Waals surface area contributed by atoms with Crippen LogP contribution in [0.5, 0.6) is 0 Å². The maximum Gasteiger partial charge on any atom is 0.317 e. The molecule has 0 aliphatic carbocycles. The first kappa shape index (κ1) is 12.8. The highest BCUT2D eigenvalue weighted by molar-refractivity contribution is 5.74. The fraction of sp³-hybridized carbons (Fsp3) is 0.818. The number of piperazine rings is 1. The van der Waals surface area contributed by atoms with Crippen LogP contribution in [0.15, 0.2) is 0 Å². The van der Waals surface area contributed by atoms with Crippen molar-refractivity contribution in [1.29, 1.82) is 5.26 Å². The molecule has 16 heavy (non-hydrogen) atoms. The quantitative estimate of drug-likeness (QED) is 0.765. The van der Waals surface area contributed by atoms with Crippen LogP contribution in [0.4, 0.5) is 4.79 Å². The molecule has 5 heteroatoms. The van der Waals surface area contributed by atoms with Crippen molar-refractivity contribution in [2.75, 3.05) is 32.7 Å². The van der Waals surface area contributed by atoms with Crippen LogP contribution in [-0.2, 0) is 0 Å². The van der Waals surface area contributed by atoms with Gasteiger partial charge < -0.3 is 10.2 Å². The van der Waals surface area contributed by atoms with E-state index in [0.29, 0.717) is 13.1 Å². The minimum atomic E-state index is -0.0548. The summed E-state index contributed by atoms with van der Waals surface area (Å²) >= 11 is 0. The third-order valence-corrected chi connectivity index (χ3v) is 2.86. The Kier molecular flexibility index (Phi) is 5.06. The Bertz CT molecular complexity index is 266. The fourth-order valence-corrected chi connectivity index (χ4v) is 1.74. The summed E-state index contributed by atoms with van der Waals surface area (Å²) in [5, 5.41) is 11.7. The SMILES string of the molecule is CCCNC(=O)N1CCN(C(C)C#N)CC1. The lowest BCUT2D eigenvalue weighted by atomic mass is 10.2. The summed E-state index contributed by atoms with van der Waals surface area (Å²) in [6.45, 7) is 7.65. The van der Waals surface area contributed by atoms with Gasteiger partial charge in [-0.1, -0.05) is 6.92 Å².